The number of ether oxygens (including phenoxy) is 2. The SMILES string of the molecule is C[C@H]1C[NH+](CCOc2ccc3c(=O)c(-c4ccccc4)coc3c2)C[C@H](C)O1. The Hall–Kier alpha value is -2.63. The van der Waals surface area contributed by atoms with Crippen molar-refractivity contribution in [3.05, 3.63) is 65.0 Å². The average Bonchev–Trinajstić information content (AvgIpc) is 2.68. The summed E-state index contributed by atoms with van der Waals surface area (Å²) in [6.07, 6.45) is 2.10. The molecule has 0 saturated carbocycles. The summed E-state index contributed by atoms with van der Waals surface area (Å²) >= 11 is 0. The Morgan fingerprint density at radius 1 is 1.07 bits per heavy atom. The van der Waals surface area contributed by atoms with Crippen LogP contribution in [0.15, 0.2) is 64.0 Å². The van der Waals surface area contributed by atoms with E-state index in [9.17, 15) is 4.79 Å². The molecule has 1 N–H and O–H groups in total. The molecule has 146 valence electrons. The van der Waals surface area contributed by atoms with Crippen LogP contribution >= 0.6 is 0 Å². The van der Waals surface area contributed by atoms with E-state index in [4.69, 9.17) is 13.9 Å². The zero-order valence-electron chi connectivity index (χ0n) is 16.3. The van der Waals surface area contributed by atoms with Crippen LogP contribution in [0, 0.1) is 0 Å². The van der Waals surface area contributed by atoms with Gasteiger partial charge in [-0.2, -0.15) is 0 Å². The molecule has 0 amide bonds. The van der Waals surface area contributed by atoms with Crippen LogP contribution in [0.25, 0.3) is 22.1 Å². The van der Waals surface area contributed by atoms with E-state index in [2.05, 4.69) is 13.8 Å². The zero-order chi connectivity index (χ0) is 19.5. The lowest BCUT2D eigenvalue weighted by Gasteiger charge is -2.32. The number of nitrogens with one attached hydrogen (secondary N) is 1. The molecule has 0 bridgehead atoms. The topological polar surface area (TPSA) is 53.1 Å². The minimum Gasteiger partial charge on any atom is -0.488 e. The molecule has 1 fully saturated rings. The Morgan fingerprint density at radius 3 is 2.57 bits per heavy atom. The van der Waals surface area contributed by atoms with Gasteiger partial charge in [-0.3, -0.25) is 4.79 Å². The fourth-order valence-electron chi connectivity index (χ4n) is 3.92. The summed E-state index contributed by atoms with van der Waals surface area (Å²) in [7, 11) is 0. The molecule has 0 spiro atoms. The summed E-state index contributed by atoms with van der Waals surface area (Å²) < 4.78 is 17.4. The van der Waals surface area contributed by atoms with Gasteiger partial charge in [-0.25, -0.2) is 0 Å². The molecule has 1 aliphatic heterocycles. The number of rotatable bonds is 5. The highest BCUT2D eigenvalue weighted by Gasteiger charge is 2.25. The smallest absolute Gasteiger partial charge is 0.200 e. The van der Waals surface area contributed by atoms with E-state index < -0.39 is 0 Å². The second-order valence-corrected chi connectivity index (χ2v) is 7.52. The molecular formula is C23H26NO4+. The number of hydrogen-bond donors (Lipinski definition) is 1. The maximum atomic E-state index is 12.8. The highest BCUT2D eigenvalue weighted by atomic mass is 16.5. The molecule has 3 aromatic rings. The van der Waals surface area contributed by atoms with Crippen molar-refractivity contribution in [1.29, 1.82) is 0 Å². The predicted molar refractivity (Wildman–Crippen MR) is 109 cm³/mol. The molecule has 5 heteroatoms. The molecule has 2 aromatic carbocycles. The van der Waals surface area contributed by atoms with Gasteiger partial charge in [0, 0.05) is 6.07 Å². The Bertz CT molecular complexity index is 988. The molecule has 2 atom stereocenters. The van der Waals surface area contributed by atoms with E-state index in [1.54, 1.807) is 12.1 Å². The average molecular weight is 380 g/mol. The molecule has 5 nitrogen and oxygen atoms in total. The maximum Gasteiger partial charge on any atom is 0.200 e. The van der Waals surface area contributed by atoms with Crippen LogP contribution in [0.3, 0.4) is 0 Å². The number of fused-ring (bicyclic) bond motifs is 1. The fraction of sp³-hybridized carbons (Fsp3) is 0.348. The lowest BCUT2D eigenvalue weighted by atomic mass is 10.1. The zero-order valence-corrected chi connectivity index (χ0v) is 16.3. The summed E-state index contributed by atoms with van der Waals surface area (Å²) in [4.78, 5) is 14.3. The number of hydrogen-bond acceptors (Lipinski definition) is 4. The molecular weight excluding hydrogens is 354 g/mol. The first kappa shape index (κ1) is 18.7. The summed E-state index contributed by atoms with van der Waals surface area (Å²) in [5.74, 6) is 0.719. The third-order valence-electron chi connectivity index (χ3n) is 5.17. The largest absolute Gasteiger partial charge is 0.488 e. The van der Waals surface area contributed by atoms with Crippen LogP contribution < -0.4 is 15.1 Å². The first-order valence-electron chi connectivity index (χ1n) is 9.83. The summed E-state index contributed by atoms with van der Waals surface area (Å²) in [5.41, 5.74) is 1.94. The Labute approximate surface area is 164 Å². The molecule has 1 aromatic heterocycles. The third kappa shape index (κ3) is 4.11. The summed E-state index contributed by atoms with van der Waals surface area (Å²) in [6, 6.07) is 15.0. The number of benzene rings is 2. The Balaban J connectivity index is 1.46. The summed E-state index contributed by atoms with van der Waals surface area (Å²) in [6.45, 7) is 7.78. The van der Waals surface area contributed by atoms with E-state index in [0.29, 0.717) is 23.1 Å². The minimum atomic E-state index is -0.0280. The van der Waals surface area contributed by atoms with E-state index in [1.165, 1.54) is 11.2 Å². The molecule has 0 radical (unpaired) electrons. The standard InChI is InChI=1S/C23H25NO4/c1-16-13-24(14-17(2)28-16)10-11-26-19-8-9-20-22(12-19)27-15-21(23(20)25)18-6-4-3-5-7-18/h3-9,12,15-17H,10-11,13-14H2,1-2H3/p+1/t16-,17-/m0/s1. The highest BCUT2D eigenvalue weighted by Crippen LogP contribution is 2.22. The van der Waals surface area contributed by atoms with E-state index in [1.807, 2.05) is 36.4 Å². The van der Waals surface area contributed by atoms with Crippen LogP contribution in [0.5, 0.6) is 5.75 Å². The van der Waals surface area contributed by atoms with Crippen LogP contribution in [0.1, 0.15) is 13.8 Å². The van der Waals surface area contributed by atoms with Gasteiger partial charge < -0.3 is 18.8 Å². The summed E-state index contributed by atoms with van der Waals surface area (Å²) in [5, 5.41) is 0.565. The van der Waals surface area contributed by atoms with E-state index >= 15 is 0 Å². The van der Waals surface area contributed by atoms with Crippen molar-refractivity contribution < 1.29 is 18.8 Å². The highest BCUT2D eigenvalue weighted by molar-refractivity contribution is 5.82. The van der Waals surface area contributed by atoms with Gasteiger partial charge in [-0.15, -0.1) is 0 Å². The van der Waals surface area contributed by atoms with Gasteiger partial charge in [0.25, 0.3) is 0 Å². The van der Waals surface area contributed by atoms with Gasteiger partial charge in [0.05, 0.1) is 10.9 Å². The predicted octanol–water partition coefficient (Wildman–Crippen LogP) is 2.53. The van der Waals surface area contributed by atoms with Crippen molar-refractivity contribution in [3.8, 4) is 16.9 Å². The van der Waals surface area contributed by atoms with Crippen molar-refractivity contribution in [2.45, 2.75) is 26.1 Å². The van der Waals surface area contributed by atoms with E-state index in [0.717, 1.165) is 30.9 Å². The van der Waals surface area contributed by atoms with Crippen LogP contribution in [0.4, 0.5) is 0 Å². The second-order valence-electron chi connectivity index (χ2n) is 7.52. The van der Waals surface area contributed by atoms with E-state index in [-0.39, 0.29) is 17.6 Å². The third-order valence-corrected chi connectivity index (χ3v) is 5.17. The lowest BCUT2D eigenvalue weighted by Crippen LogP contribution is -3.16. The monoisotopic (exact) mass is 380 g/mol. The molecule has 1 aliphatic rings. The fourth-order valence-corrected chi connectivity index (χ4v) is 3.92. The quantitative estimate of drug-likeness (QED) is 0.739. The Morgan fingerprint density at radius 2 is 1.82 bits per heavy atom. The number of quaternary nitrogens is 1. The van der Waals surface area contributed by atoms with Gasteiger partial charge in [-0.05, 0) is 31.5 Å². The minimum absolute atomic E-state index is 0.0280. The molecule has 1 saturated heterocycles. The van der Waals surface area contributed by atoms with Gasteiger partial charge in [-0.1, -0.05) is 30.3 Å². The molecule has 0 aliphatic carbocycles. The first-order valence-corrected chi connectivity index (χ1v) is 9.83. The second kappa shape index (κ2) is 8.17. The molecule has 4 rings (SSSR count). The molecule has 0 unspecified atom stereocenters. The van der Waals surface area contributed by atoms with Crippen molar-refractivity contribution in [2.75, 3.05) is 26.2 Å². The Kier molecular flexibility index (Phi) is 5.46. The lowest BCUT2D eigenvalue weighted by molar-refractivity contribution is -0.915. The van der Waals surface area contributed by atoms with Crippen molar-refractivity contribution in [1.82, 2.24) is 0 Å². The van der Waals surface area contributed by atoms with Gasteiger partial charge in [0.1, 0.15) is 56.0 Å². The normalized spacial score (nSPS) is 22.3. The van der Waals surface area contributed by atoms with Crippen LogP contribution in [0.2, 0.25) is 0 Å². The van der Waals surface area contributed by atoms with Crippen LogP contribution in [-0.2, 0) is 4.74 Å². The van der Waals surface area contributed by atoms with Gasteiger partial charge in [0.15, 0.2) is 5.43 Å². The van der Waals surface area contributed by atoms with Crippen molar-refractivity contribution in [3.63, 3.8) is 0 Å². The van der Waals surface area contributed by atoms with Crippen molar-refractivity contribution in [2.24, 2.45) is 0 Å². The van der Waals surface area contributed by atoms with Gasteiger partial charge in [0.2, 0.25) is 0 Å². The first-order chi connectivity index (χ1) is 13.6. The van der Waals surface area contributed by atoms with Crippen molar-refractivity contribution >= 4 is 11.0 Å². The molecule has 28 heavy (non-hydrogen) atoms. The number of morpholine rings is 1. The van der Waals surface area contributed by atoms with Gasteiger partial charge >= 0.3 is 0 Å². The maximum absolute atomic E-state index is 12.8. The molecule has 2 heterocycles. The van der Waals surface area contributed by atoms with Crippen LogP contribution in [-0.4, -0.2) is 38.4 Å².